The van der Waals surface area contributed by atoms with Gasteiger partial charge in [0.05, 0.1) is 0 Å². The minimum atomic E-state index is -3.42. The summed E-state index contributed by atoms with van der Waals surface area (Å²) in [7, 11) is -3.42. The number of sulfonamides is 1. The SMILES string of the molecule is CCCN(CC1CC1)S(=O)(=O)c1ccc(Cl)nc1. The second-order valence-corrected chi connectivity index (χ2v) is 6.95. The molecule has 0 unspecified atom stereocenters. The Morgan fingerprint density at radius 2 is 2.17 bits per heavy atom. The largest absolute Gasteiger partial charge is 0.244 e. The summed E-state index contributed by atoms with van der Waals surface area (Å²) < 4.78 is 26.4. The molecule has 1 saturated carbocycles. The normalized spacial score (nSPS) is 16.2. The summed E-state index contributed by atoms with van der Waals surface area (Å²) in [6.45, 7) is 3.16. The average molecular weight is 289 g/mol. The number of rotatable bonds is 6. The van der Waals surface area contributed by atoms with Gasteiger partial charge in [-0.25, -0.2) is 13.4 Å². The molecule has 0 amide bonds. The van der Waals surface area contributed by atoms with Gasteiger partial charge in [0.2, 0.25) is 10.0 Å². The van der Waals surface area contributed by atoms with Crippen molar-refractivity contribution in [1.82, 2.24) is 9.29 Å². The first-order valence-electron chi connectivity index (χ1n) is 6.15. The van der Waals surface area contributed by atoms with E-state index in [0.717, 1.165) is 19.3 Å². The summed E-state index contributed by atoms with van der Waals surface area (Å²) in [6.07, 6.45) is 4.41. The van der Waals surface area contributed by atoms with Crippen LogP contribution in [0.5, 0.6) is 0 Å². The molecule has 0 aliphatic heterocycles. The van der Waals surface area contributed by atoms with Crippen LogP contribution < -0.4 is 0 Å². The van der Waals surface area contributed by atoms with Crippen molar-refractivity contribution in [2.45, 2.75) is 31.1 Å². The van der Waals surface area contributed by atoms with Gasteiger partial charge >= 0.3 is 0 Å². The van der Waals surface area contributed by atoms with Crippen LogP contribution >= 0.6 is 11.6 Å². The van der Waals surface area contributed by atoms with Crippen LogP contribution in [0.25, 0.3) is 0 Å². The first kappa shape index (κ1) is 13.8. The number of aromatic nitrogens is 1. The van der Waals surface area contributed by atoms with Crippen LogP contribution in [0.15, 0.2) is 23.2 Å². The second-order valence-electron chi connectivity index (χ2n) is 4.62. The summed E-state index contributed by atoms with van der Waals surface area (Å²) in [6, 6.07) is 3.02. The molecule has 0 aromatic carbocycles. The Balaban J connectivity index is 2.22. The van der Waals surface area contributed by atoms with Crippen molar-refractivity contribution >= 4 is 21.6 Å². The molecule has 1 aromatic rings. The van der Waals surface area contributed by atoms with Crippen LogP contribution in [0.3, 0.4) is 0 Å². The van der Waals surface area contributed by atoms with E-state index in [4.69, 9.17) is 11.6 Å². The number of nitrogens with zero attached hydrogens (tertiary/aromatic N) is 2. The van der Waals surface area contributed by atoms with Crippen molar-refractivity contribution in [3.63, 3.8) is 0 Å². The number of pyridine rings is 1. The first-order chi connectivity index (χ1) is 8.54. The maximum atomic E-state index is 12.4. The van der Waals surface area contributed by atoms with Gasteiger partial charge in [0.1, 0.15) is 10.0 Å². The summed E-state index contributed by atoms with van der Waals surface area (Å²) in [5.41, 5.74) is 0. The molecule has 0 atom stereocenters. The van der Waals surface area contributed by atoms with Crippen LogP contribution in [0.4, 0.5) is 0 Å². The van der Waals surface area contributed by atoms with Gasteiger partial charge in [-0.3, -0.25) is 0 Å². The molecule has 0 saturated heterocycles. The molecule has 1 heterocycles. The van der Waals surface area contributed by atoms with Gasteiger partial charge in [-0.05, 0) is 37.3 Å². The van der Waals surface area contributed by atoms with Gasteiger partial charge < -0.3 is 0 Å². The molecule has 1 aliphatic rings. The lowest BCUT2D eigenvalue weighted by Crippen LogP contribution is -2.33. The number of halogens is 1. The molecule has 0 radical (unpaired) electrons. The zero-order chi connectivity index (χ0) is 13.2. The highest BCUT2D eigenvalue weighted by atomic mass is 35.5. The minimum absolute atomic E-state index is 0.223. The van der Waals surface area contributed by atoms with Crippen LogP contribution in [-0.4, -0.2) is 30.8 Å². The third-order valence-electron chi connectivity index (χ3n) is 2.97. The number of hydrogen-bond acceptors (Lipinski definition) is 3. The highest BCUT2D eigenvalue weighted by Gasteiger charge is 2.31. The highest BCUT2D eigenvalue weighted by Crippen LogP contribution is 2.31. The molecule has 1 aromatic heterocycles. The number of hydrogen-bond donors (Lipinski definition) is 0. The molecule has 0 N–H and O–H groups in total. The van der Waals surface area contributed by atoms with E-state index in [2.05, 4.69) is 4.98 Å². The second kappa shape index (κ2) is 5.55. The molecule has 0 bridgehead atoms. The maximum Gasteiger partial charge on any atom is 0.244 e. The molecule has 2 rings (SSSR count). The van der Waals surface area contributed by atoms with Crippen molar-refractivity contribution in [1.29, 1.82) is 0 Å². The monoisotopic (exact) mass is 288 g/mol. The molecular weight excluding hydrogens is 272 g/mol. The van der Waals surface area contributed by atoms with Gasteiger partial charge in [0, 0.05) is 19.3 Å². The van der Waals surface area contributed by atoms with Gasteiger partial charge in [0.15, 0.2) is 0 Å². The Morgan fingerprint density at radius 3 is 2.67 bits per heavy atom. The lowest BCUT2D eigenvalue weighted by molar-refractivity contribution is 0.395. The minimum Gasteiger partial charge on any atom is -0.243 e. The van der Waals surface area contributed by atoms with Gasteiger partial charge in [-0.1, -0.05) is 18.5 Å². The molecule has 1 aliphatic carbocycles. The zero-order valence-corrected chi connectivity index (χ0v) is 11.9. The quantitative estimate of drug-likeness (QED) is 0.756. The molecule has 1 fully saturated rings. The van der Waals surface area contributed by atoms with E-state index < -0.39 is 10.0 Å². The summed E-state index contributed by atoms with van der Waals surface area (Å²) in [5, 5.41) is 0.304. The highest BCUT2D eigenvalue weighted by molar-refractivity contribution is 7.89. The zero-order valence-electron chi connectivity index (χ0n) is 10.3. The molecule has 18 heavy (non-hydrogen) atoms. The Hall–Kier alpha value is -0.650. The Labute approximate surface area is 113 Å². The third kappa shape index (κ3) is 3.22. The summed E-state index contributed by atoms with van der Waals surface area (Å²) in [4.78, 5) is 4.07. The van der Waals surface area contributed by atoms with E-state index in [1.807, 2.05) is 6.92 Å². The van der Waals surface area contributed by atoms with Crippen molar-refractivity contribution in [2.24, 2.45) is 5.92 Å². The predicted molar refractivity (Wildman–Crippen MR) is 71.0 cm³/mol. The van der Waals surface area contributed by atoms with Crippen LogP contribution in [0.1, 0.15) is 26.2 Å². The van der Waals surface area contributed by atoms with Crippen LogP contribution in [0.2, 0.25) is 5.15 Å². The fraction of sp³-hybridized carbons (Fsp3) is 0.583. The lowest BCUT2D eigenvalue weighted by atomic mass is 10.4. The van der Waals surface area contributed by atoms with E-state index in [1.54, 1.807) is 4.31 Å². The topological polar surface area (TPSA) is 50.3 Å². The van der Waals surface area contributed by atoms with E-state index in [1.165, 1.54) is 18.3 Å². The van der Waals surface area contributed by atoms with Crippen molar-refractivity contribution in [2.75, 3.05) is 13.1 Å². The van der Waals surface area contributed by atoms with Gasteiger partial charge in [0.25, 0.3) is 0 Å². The summed E-state index contributed by atoms with van der Waals surface area (Å²) in [5.74, 6) is 0.534. The van der Waals surface area contributed by atoms with E-state index in [0.29, 0.717) is 24.2 Å². The Kier molecular flexibility index (Phi) is 4.25. The lowest BCUT2D eigenvalue weighted by Gasteiger charge is -2.21. The van der Waals surface area contributed by atoms with Crippen molar-refractivity contribution in [3.05, 3.63) is 23.5 Å². The standard InChI is InChI=1S/C12H17ClN2O2S/c1-2-7-15(9-10-3-4-10)18(16,17)11-5-6-12(13)14-8-11/h5-6,8,10H,2-4,7,9H2,1H3. The van der Waals surface area contributed by atoms with Crippen molar-refractivity contribution < 1.29 is 8.42 Å². The third-order valence-corrected chi connectivity index (χ3v) is 5.04. The first-order valence-corrected chi connectivity index (χ1v) is 7.97. The molecule has 0 spiro atoms. The molecule has 100 valence electrons. The van der Waals surface area contributed by atoms with Crippen LogP contribution in [0, 0.1) is 5.92 Å². The van der Waals surface area contributed by atoms with E-state index in [9.17, 15) is 8.42 Å². The van der Waals surface area contributed by atoms with E-state index in [-0.39, 0.29) is 4.90 Å². The van der Waals surface area contributed by atoms with Crippen LogP contribution in [-0.2, 0) is 10.0 Å². The van der Waals surface area contributed by atoms with E-state index >= 15 is 0 Å². The summed E-state index contributed by atoms with van der Waals surface area (Å²) >= 11 is 5.68. The predicted octanol–water partition coefficient (Wildman–Crippen LogP) is 2.55. The Morgan fingerprint density at radius 1 is 1.44 bits per heavy atom. The molecule has 6 heteroatoms. The van der Waals surface area contributed by atoms with Gasteiger partial charge in [-0.2, -0.15) is 4.31 Å². The fourth-order valence-corrected chi connectivity index (χ4v) is 3.48. The Bertz CT molecular complexity index is 497. The molecule has 4 nitrogen and oxygen atoms in total. The molecular formula is C12H17ClN2O2S. The fourth-order valence-electron chi connectivity index (χ4n) is 1.81. The van der Waals surface area contributed by atoms with Gasteiger partial charge in [-0.15, -0.1) is 0 Å². The smallest absolute Gasteiger partial charge is 0.243 e. The maximum absolute atomic E-state index is 12.4. The van der Waals surface area contributed by atoms with Crippen molar-refractivity contribution in [3.8, 4) is 0 Å². The average Bonchev–Trinajstić information content (AvgIpc) is 3.13.